The van der Waals surface area contributed by atoms with Crippen molar-refractivity contribution in [1.29, 1.82) is 0 Å². The van der Waals surface area contributed by atoms with E-state index in [9.17, 15) is 4.79 Å². The van der Waals surface area contributed by atoms with E-state index in [4.69, 9.17) is 9.47 Å². The minimum Gasteiger partial charge on any atom is -0.472 e. The molecule has 9 heteroatoms. The number of amides is 2. The maximum absolute atomic E-state index is 11.9. The van der Waals surface area contributed by atoms with Gasteiger partial charge in [0.05, 0.1) is 13.2 Å². The standard InChI is InChI=1S/C16H21N5O3S/c22-16(18-4-5-21-6-8-23-9-7-21)19-15-10-14(20-25-15)24-12-13-2-1-3-17-11-13/h1-3,10-11H,4-9,12H2,(H2,18,19,22). The van der Waals surface area contributed by atoms with E-state index in [1.54, 1.807) is 18.5 Å². The Balaban J connectivity index is 1.36. The summed E-state index contributed by atoms with van der Waals surface area (Å²) in [5, 5.41) is 6.26. The van der Waals surface area contributed by atoms with E-state index in [1.165, 1.54) is 11.5 Å². The van der Waals surface area contributed by atoms with Crippen molar-refractivity contribution in [3.8, 4) is 5.88 Å². The monoisotopic (exact) mass is 363 g/mol. The third-order valence-corrected chi connectivity index (χ3v) is 4.34. The van der Waals surface area contributed by atoms with Crippen LogP contribution >= 0.6 is 11.5 Å². The summed E-state index contributed by atoms with van der Waals surface area (Å²) in [5.74, 6) is 0.484. The highest BCUT2D eigenvalue weighted by Gasteiger charge is 2.11. The highest BCUT2D eigenvalue weighted by Crippen LogP contribution is 2.22. The van der Waals surface area contributed by atoms with E-state index < -0.39 is 0 Å². The number of nitrogens with one attached hydrogen (secondary N) is 2. The largest absolute Gasteiger partial charge is 0.472 e. The second-order valence-electron chi connectivity index (χ2n) is 5.51. The summed E-state index contributed by atoms with van der Waals surface area (Å²) in [4.78, 5) is 18.2. The molecular formula is C16H21N5O3S. The summed E-state index contributed by atoms with van der Waals surface area (Å²) in [5.41, 5.74) is 0.964. The van der Waals surface area contributed by atoms with Crippen molar-refractivity contribution in [1.82, 2.24) is 19.6 Å². The van der Waals surface area contributed by atoms with Crippen molar-refractivity contribution in [2.24, 2.45) is 0 Å². The summed E-state index contributed by atoms with van der Waals surface area (Å²) in [6.07, 6.45) is 3.46. The number of morpholine rings is 1. The van der Waals surface area contributed by atoms with Gasteiger partial charge in [0.1, 0.15) is 11.6 Å². The van der Waals surface area contributed by atoms with Gasteiger partial charge in [-0.1, -0.05) is 6.07 Å². The Kier molecular flexibility index (Phi) is 6.55. The smallest absolute Gasteiger partial charge is 0.319 e. The Labute approximate surface area is 150 Å². The van der Waals surface area contributed by atoms with Crippen molar-refractivity contribution in [3.63, 3.8) is 0 Å². The molecule has 0 aromatic carbocycles. The third-order valence-electron chi connectivity index (χ3n) is 3.65. The number of pyridine rings is 1. The van der Waals surface area contributed by atoms with Crippen LogP contribution in [0.2, 0.25) is 0 Å². The SMILES string of the molecule is O=C(NCCN1CCOCC1)Nc1cc(OCc2cccnc2)ns1. The van der Waals surface area contributed by atoms with Crippen molar-refractivity contribution >= 4 is 22.6 Å². The lowest BCUT2D eigenvalue weighted by Gasteiger charge is -2.26. The van der Waals surface area contributed by atoms with Crippen molar-refractivity contribution in [2.75, 3.05) is 44.7 Å². The van der Waals surface area contributed by atoms with Gasteiger partial charge >= 0.3 is 6.03 Å². The number of aromatic nitrogens is 2. The van der Waals surface area contributed by atoms with Gasteiger partial charge in [-0.25, -0.2) is 4.79 Å². The maximum atomic E-state index is 11.9. The van der Waals surface area contributed by atoms with E-state index in [0.717, 1.165) is 38.4 Å². The minimum atomic E-state index is -0.240. The summed E-state index contributed by atoms with van der Waals surface area (Å²) < 4.78 is 15.1. The average Bonchev–Trinajstić information content (AvgIpc) is 3.09. The van der Waals surface area contributed by atoms with Gasteiger partial charge in [0, 0.05) is 50.2 Å². The third kappa shape index (κ3) is 5.96. The van der Waals surface area contributed by atoms with E-state index in [-0.39, 0.29) is 6.03 Å². The van der Waals surface area contributed by atoms with Gasteiger partial charge in [-0.3, -0.25) is 15.2 Å². The van der Waals surface area contributed by atoms with Crippen LogP contribution in [0.4, 0.5) is 9.80 Å². The van der Waals surface area contributed by atoms with Crippen molar-refractivity contribution in [3.05, 3.63) is 36.2 Å². The van der Waals surface area contributed by atoms with Crippen LogP contribution in [0.25, 0.3) is 0 Å². The molecule has 0 atom stereocenters. The second-order valence-corrected chi connectivity index (χ2v) is 6.32. The number of carbonyl (C=O) groups excluding carboxylic acids is 1. The van der Waals surface area contributed by atoms with Gasteiger partial charge in [0.15, 0.2) is 0 Å². The van der Waals surface area contributed by atoms with Gasteiger partial charge in [-0.2, -0.15) is 4.37 Å². The predicted molar refractivity (Wildman–Crippen MR) is 95.0 cm³/mol. The molecule has 0 bridgehead atoms. The molecule has 3 heterocycles. The molecule has 2 amide bonds. The number of ether oxygens (including phenoxy) is 2. The van der Waals surface area contributed by atoms with Gasteiger partial charge in [-0.05, 0) is 17.6 Å². The summed E-state index contributed by atoms with van der Waals surface area (Å²) in [6, 6.07) is 5.26. The molecule has 1 aliphatic heterocycles. The fraction of sp³-hybridized carbons (Fsp3) is 0.438. The molecular weight excluding hydrogens is 342 g/mol. The molecule has 2 aromatic heterocycles. The van der Waals surface area contributed by atoms with Gasteiger partial charge in [0.2, 0.25) is 5.88 Å². The zero-order chi connectivity index (χ0) is 17.3. The molecule has 0 unspecified atom stereocenters. The van der Waals surface area contributed by atoms with Gasteiger partial charge < -0.3 is 14.8 Å². The van der Waals surface area contributed by atoms with Crippen LogP contribution < -0.4 is 15.4 Å². The summed E-state index contributed by atoms with van der Waals surface area (Å²) >= 11 is 1.19. The molecule has 3 rings (SSSR count). The number of hydrogen-bond acceptors (Lipinski definition) is 7. The Bertz CT molecular complexity index is 661. The second kappa shape index (κ2) is 9.30. The van der Waals surface area contributed by atoms with Crippen molar-refractivity contribution in [2.45, 2.75) is 6.61 Å². The average molecular weight is 363 g/mol. The van der Waals surface area contributed by atoms with Crippen LogP contribution in [0.1, 0.15) is 5.56 Å². The Morgan fingerprint density at radius 2 is 2.28 bits per heavy atom. The zero-order valence-electron chi connectivity index (χ0n) is 13.8. The molecule has 2 N–H and O–H groups in total. The van der Waals surface area contributed by atoms with Crippen LogP contribution in [-0.2, 0) is 11.3 Å². The molecule has 1 saturated heterocycles. The van der Waals surface area contributed by atoms with E-state index in [2.05, 4.69) is 24.9 Å². The lowest BCUT2D eigenvalue weighted by atomic mass is 10.3. The molecule has 25 heavy (non-hydrogen) atoms. The first-order chi connectivity index (χ1) is 12.3. The molecule has 8 nitrogen and oxygen atoms in total. The predicted octanol–water partition coefficient (Wildman–Crippen LogP) is 1.57. The Morgan fingerprint density at radius 1 is 1.40 bits per heavy atom. The first-order valence-corrected chi connectivity index (χ1v) is 8.90. The molecule has 1 fully saturated rings. The van der Waals surface area contributed by atoms with E-state index in [0.29, 0.717) is 24.0 Å². The number of nitrogens with zero attached hydrogens (tertiary/aromatic N) is 3. The van der Waals surface area contributed by atoms with Crippen LogP contribution in [0.15, 0.2) is 30.6 Å². The maximum Gasteiger partial charge on any atom is 0.319 e. The molecule has 2 aromatic rings. The molecule has 1 aliphatic rings. The Morgan fingerprint density at radius 3 is 3.08 bits per heavy atom. The van der Waals surface area contributed by atoms with E-state index >= 15 is 0 Å². The summed E-state index contributed by atoms with van der Waals surface area (Å²) in [6.45, 7) is 5.14. The molecule has 0 radical (unpaired) electrons. The fourth-order valence-corrected chi connectivity index (χ4v) is 2.92. The molecule has 0 aliphatic carbocycles. The summed E-state index contributed by atoms with van der Waals surface area (Å²) in [7, 11) is 0. The fourth-order valence-electron chi connectivity index (χ4n) is 2.34. The number of urea groups is 1. The number of anilines is 1. The highest BCUT2D eigenvalue weighted by molar-refractivity contribution is 7.10. The van der Waals surface area contributed by atoms with Crippen molar-refractivity contribution < 1.29 is 14.3 Å². The number of carbonyl (C=O) groups is 1. The first-order valence-electron chi connectivity index (χ1n) is 8.13. The highest BCUT2D eigenvalue weighted by atomic mass is 32.1. The van der Waals surface area contributed by atoms with Crippen LogP contribution in [0.3, 0.4) is 0 Å². The molecule has 134 valence electrons. The first kappa shape index (κ1) is 17.6. The van der Waals surface area contributed by atoms with Gasteiger partial charge in [0.25, 0.3) is 0 Å². The number of hydrogen-bond donors (Lipinski definition) is 2. The quantitative estimate of drug-likeness (QED) is 0.776. The Hall–Kier alpha value is -2.23. The van der Waals surface area contributed by atoms with E-state index in [1.807, 2.05) is 12.1 Å². The zero-order valence-corrected chi connectivity index (χ0v) is 14.6. The topological polar surface area (TPSA) is 88.6 Å². The van der Waals surface area contributed by atoms with Gasteiger partial charge in [-0.15, -0.1) is 0 Å². The lowest BCUT2D eigenvalue weighted by molar-refractivity contribution is 0.0388. The van der Waals surface area contributed by atoms with Crippen LogP contribution in [-0.4, -0.2) is 59.7 Å². The molecule has 0 spiro atoms. The normalized spacial score (nSPS) is 14.9. The van der Waals surface area contributed by atoms with Crippen LogP contribution in [0, 0.1) is 0 Å². The minimum absolute atomic E-state index is 0.240. The number of rotatable bonds is 7. The lowest BCUT2D eigenvalue weighted by Crippen LogP contribution is -2.42. The molecule has 0 saturated carbocycles. The van der Waals surface area contributed by atoms with Crippen LogP contribution in [0.5, 0.6) is 5.88 Å².